The summed E-state index contributed by atoms with van der Waals surface area (Å²) in [6.07, 6.45) is 4.49. The average molecular weight is 419 g/mol. The molecule has 1 N–H and O–H groups in total. The lowest BCUT2D eigenvalue weighted by atomic mass is 10.1. The molecule has 3 rings (SSSR count). The third-order valence-electron chi connectivity index (χ3n) is 5.04. The molecule has 0 aliphatic carbocycles. The first-order valence-corrected chi connectivity index (χ1v) is 10.6. The van der Waals surface area contributed by atoms with E-state index in [4.69, 9.17) is 16.1 Å². The number of amides is 2. The Bertz CT molecular complexity index is 839. The molecule has 0 spiro atoms. The molecule has 8 heteroatoms. The van der Waals surface area contributed by atoms with Crippen LogP contribution in [-0.2, 0) is 16.0 Å². The van der Waals surface area contributed by atoms with Crippen LogP contribution in [0, 0.1) is 0 Å². The number of carbonyl (C=O) groups excluding carboxylic acids is 2. The van der Waals surface area contributed by atoms with Crippen molar-refractivity contribution in [3.8, 4) is 11.4 Å². The maximum atomic E-state index is 12.3. The van der Waals surface area contributed by atoms with Crippen molar-refractivity contribution >= 4 is 23.4 Å². The maximum absolute atomic E-state index is 12.3. The van der Waals surface area contributed by atoms with Crippen LogP contribution in [0.2, 0.25) is 5.02 Å². The standard InChI is InChI=1S/C21H27ClN4O3/c1-2-13-26-14-12-15(10-11-20(26)28)23-18(27)8-5-9-19-24-21(25-29-19)16-6-3-4-7-17(16)22/h3-4,6-7,15H,2,5,8-14H2,1H3,(H,23,27). The van der Waals surface area contributed by atoms with Crippen LogP contribution in [0.1, 0.15) is 51.3 Å². The molecular formula is C21H27ClN4O3. The van der Waals surface area contributed by atoms with Crippen LogP contribution >= 0.6 is 11.6 Å². The van der Waals surface area contributed by atoms with Gasteiger partial charge in [0.2, 0.25) is 23.5 Å². The van der Waals surface area contributed by atoms with Gasteiger partial charge in [0.15, 0.2) is 0 Å². The first-order valence-electron chi connectivity index (χ1n) is 10.2. The van der Waals surface area contributed by atoms with E-state index in [2.05, 4.69) is 22.4 Å². The number of hydrogen-bond donors (Lipinski definition) is 1. The molecule has 1 atom stereocenters. The summed E-state index contributed by atoms with van der Waals surface area (Å²) in [5.41, 5.74) is 0.724. The summed E-state index contributed by atoms with van der Waals surface area (Å²) < 4.78 is 5.27. The fraction of sp³-hybridized carbons (Fsp3) is 0.524. The van der Waals surface area contributed by atoms with E-state index in [0.717, 1.165) is 24.9 Å². The van der Waals surface area contributed by atoms with Crippen molar-refractivity contribution in [2.75, 3.05) is 13.1 Å². The van der Waals surface area contributed by atoms with E-state index < -0.39 is 0 Å². The number of likely N-dealkylation sites (tertiary alicyclic amines) is 1. The number of hydrogen-bond acceptors (Lipinski definition) is 5. The molecule has 1 aromatic carbocycles. The zero-order valence-corrected chi connectivity index (χ0v) is 17.5. The molecule has 2 aromatic rings. The summed E-state index contributed by atoms with van der Waals surface area (Å²) in [5.74, 6) is 1.13. The van der Waals surface area contributed by atoms with Crippen molar-refractivity contribution in [1.29, 1.82) is 0 Å². The summed E-state index contributed by atoms with van der Waals surface area (Å²) in [7, 11) is 0. The molecule has 2 amide bonds. The van der Waals surface area contributed by atoms with E-state index in [1.165, 1.54) is 0 Å². The van der Waals surface area contributed by atoms with Gasteiger partial charge in [-0.25, -0.2) is 0 Å². The van der Waals surface area contributed by atoms with Crippen LogP contribution in [0.4, 0.5) is 0 Å². The molecule has 1 aliphatic rings. The highest BCUT2D eigenvalue weighted by molar-refractivity contribution is 6.33. The van der Waals surface area contributed by atoms with Crippen LogP contribution in [0.15, 0.2) is 28.8 Å². The fourth-order valence-electron chi connectivity index (χ4n) is 3.50. The fourth-order valence-corrected chi connectivity index (χ4v) is 3.72. The smallest absolute Gasteiger partial charge is 0.226 e. The monoisotopic (exact) mass is 418 g/mol. The Labute approximate surface area is 175 Å². The number of carbonyl (C=O) groups is 2. The van der Waals surface area contributed by atoms with Gasteiger partial charge in [-0.2, -0.15) is 4.98 Å². The summed E-state index contributed by atoms with van der Waals surface area (Å²) in [6.45, 7) is 3.57. The highest BCUT2D eigenvalue weighted by Crippen LogP contribution is 2.25. The minimum Gasteiger partial charge on any atom is -0.353 e. The SMILES string of the molecule is CCCN1CCC(NC(=O)CCCc2nc(-c3ccccc3Cl)no2)CCC1=O. The average Bonchev–Trinajstić information content (AvgIpc) is 3.10. The topological polar surface area (TPSA) is 88.3 Å². The predicted molar refractivity (Wildman–Crippen MR) is 110 cm³/mol. The molecule has 0 bridgehead atoms. The van der Waals surface area contributed by atoms with E-state index in [-0.39, 0.29) is 17.9 Å². The van der Waals surface area contributed by atoms with Crippen LogP contribution in [0.3, 0.4) is 0 Å². The molecule has 1 fully saturated rings. The second-order valence-corrected chi connectivity index (χ2v) is 7.72. The zero-order chi connectivity index (χ0) is 20.6. The van der Waals surface area contributed by atoms with Gasteiger partial charge < -0.3 is 14.7 Å². The second kappa shape index (κ2) is 10.4. The second-order valence-electron chi connectivity index (χ2n) is 7.32. The molecule has 0 radical (unpaired) electrons. The Morgan fingerprint density at radius 2 is 2.17 bits per heavy atom. The summed E-state index contributed by atoms with van der Waals surface area (Å²) in [4.78, 5) is 30.6. The van der Waals surface area contributed by atoms with Crippen LogP contribution < -0.4 is 5.32 Å². The van der Waals surface area contributed by atoms with Crippen molar-refractivity contribution in [2.45, 2.75) is 57.9 Å². The Balaban J connectivity index is 1.42. The predicted octanol–water partition coefficient (Wildman–Crippen LogP) is 3.62. The van der Waals surface area contributed by atoms with Gasteiger partial charge in [-0.1, -0.05) is 35.8 Å². The lowest BCUT2D eigenvalue weighted by Crippen LogP contribution is -2.36. The molecule has 1 aromatic heterocycles. The highest BCUT2D eigenvalue weighted by Gasteiger charge is 2.23. The summed E-state index contributed by atoms with van der Waals surface area (Å²) >= 11 is 6.16. The summed E-state index contributed by atoms with van der Waals surface area (Å²) in [5, 5.41) is 7.60. The summed E-state index contributed by atoms with van der Waals surface area (Å²) in [6, 6.07) is 7.38. The lowest BCUT2D eigenvalue weighted by molar-refractivity contribution is -0.130. The van der Waals surface area contributed by atoms with E-state index >= 15 is 0 Å². The molecule has 29 heavy (non-hydrogen) atoms. The van der Waals surface area contributed by atoms with E-state index in [1.807, 2.05) is 23.1 Å². The number of halogens is 1. The van der Waals surface area contributed by atoms with Crippen LogP contribution in [-0.4, -0.2) is 46.0 Å². The highest BCUT2D eigenvalue weighted by atomic mass is 35.5. The number of rotatable bonds is 8. The molecule has 1 saturated heterocycles. The molecule has 0 saturated carbocycles. The van der Waals surface area contributed by atoms with Crippen molar-refractivity contribution in [3.63, 3.8) is 0 Å². The number of aromatic nitrogens is 2. The lowest BCUT2D eigenvalue weighted by Gasteiger charge is -2.20. The molecular weight excluding hydrogens is 392 g/mol. The van der Waals surface area contributed by atoms with E-state index in [1.54, 1.807) is 6.07 Å². The number of aryl methyl sites for hydroxylation is 1. The van der Waals surface area contributed by atoms with Gasteiger partial charge in [0.25, 0.3) is 0 Å². The Morgan fingerprint density at radius 3 is 2.97 bits per heavy atom. The molecule has 156 valence electrons. The first-order chi connectivity index (χ1) is 14.1. The normalized spacial score (nSPS) is 17.2. The Hall–Kier alpha value is -2.41. The van der Waals surface area contributed by atoms with Crippen molar-refractivity contribution in [2.24, 2.45) is 0 Å². The van der Waals surface area contributed by atoms with Gasteiger partial charge in [-0.15, -0.1) is 0 Å². The zero-order valence-electron chi connectivity index (χ0n) is 16.7. The molecule has 1 unspecified atom stereocenters. The molecule has 1 aliphatic heterocycles. The quantitative estimate of drug-likeness (QED) is 0.707. The number of nitrogens with one attached hydrogen (secondary N) is 1. The van der Waals surface area contributed by atoms with Crippen LogP contribution in [0.5, 0.6) is 0 Å². The third kappa shape index (κ3) is 6.03. The van der Waals surface area contributed by atoms with Gasteiger partial charge in [0, 0.05) is 44.0 Å². The largest absolute Gasteiger partial charge is 0.353 e. The van der Waals surface area contributed by atoms with Crippen molar-refractivity contribution in [3.05, 3.63) is 35.2 Å². The maximum Gasteiger partial charge on any atom is 0.226 e. The van der Waals surface area contributed by atoms with Gasteiger partial charge in [0.1, 0.15) is 0 Å². The van der Waals surface area contributed by atoms with Crippen LogP contribution in [0.25, 0.3) is 11.4 Å². The minimum absolute atomic E-state index is 0.00256. The molecule has 2 heterocycles. The van der Waals surface area contributed by atoms with Crippen molar-refractivity contribution in [1.82, 2.24) is 20.4 Å². The Kier molecular flexibility index (Phi) is 7.63. The van der Waals surface area contributed by atoms with Gasteiger partial charge >= 0.3 is 0 Å². The van der Waals surface area contributed by atoms with Gasteiger partial charge in [-0.3, -0.25) is 9.59 Å². The molecule has 7 nitrogen and oxygen atoms in total. The Morgan fingerprint density at radius 1 is 1.34 bits per heavy atom. The van der Waals surface area contributed by atoms with E-state index in [9.17, 15) is 9.59 Å². The van der Waals surface area contributed by atoms with Gasteiger partial charge in [0.05, 0.1) is 5.02 Å². The van der Waals surface area contributed by atoms with Gasteiger partial charge in [-0.05, 0) is 37.8 Å². The number of benzene rings is 1. The minimum atomic E-state index is -0.00256. The van der Waals surface area contributed by atoms with E-state index in [0.29, 0.717) is 55.4 Å². The number of nitrogens with zero attached hydrogens (tertiary/aromatic N) is 3. The first kappa shape index (κ1) is 21.3. The third-order valence-corrected chi connectivity index (χ3v) is 5.37. The van der Waals surface area contributed by atoms with Crippen molar-refractivity contribution < 1.29 is 14.1 Å².